The van der Waals surface area contributed by atoms with Gasteiger partial charge < -0.3 is 9.13 Å². The van der Waals surface area contributed by atoms with E-state index in [2.05, 4.69) is 156 Å². The fourth-order valence-electron chi connectivity index (χ4n) is 9.62. The van der Waals surface area contributed by atoms with Gasteiger partial charge in [-0.05, 0) is 57.6 Å². The lowest BCUT2D eigenvalue weighted by Gasteiger charge is -2.20. The summed E-state index contributed by atoms with van der Waals surface area (Å²) in [7, 11) is -3.18. The molecule has 0 radical (unpaired) electrons. The molecule has 0 aliphatic rings. The number of pyridine rings is 1. The van der Waals surface area contributed by atoms with Crippen molar-refractivity contribution in [3.05, 3.63) is 224 Å². The summed E-state index contributed by atoms with van der Waals surface area (Å²) in [6.07, 6.45) is 0. The van der Waals surface area contributed by atoms with E-state index < -0.39 is 7.14 Å². The van der Waals surface area contributed by atoms with Crippen molar-refractivity contribution in [3.63, 3.8) is 0 Å². The van der Waals surface area contributed by atoms with Gasteiger partial charge in [0.25, 0.3) is 0 Å². The fourth-order valence-corrected chi connectivity index (χ4v) is 12.3. The van der Waals surface area contributed by atoms with Crippen LogP contribution < -0.4 is 15.9 Å². The molecule has 286 valence electrons. The quantitative estimate of drug-likeness (QED) is 0.124. The van der Waals surface area contributed by atoms with Crippen molar-refractivity contribution in [2.24, 2.45) is 0 Å². The van der Waals surface area contributed by atoms with Crippen molar-refractivity contribution in [2.45, 2.75) is 0 Å². The summed E-state index contributed by atoms with van der Waals surface area (Å²) in [4.78, 5) is 5.43. The molecule has 12 aromatic rings. The lowest BCUT2D eigenvalue weighted by atomic mass is 9.94. The molecular weight excluding hydrogens is 760 g/mol. The van der Waals surface area contributed by atoms with E-state index in [1.54, 1.807) is 0 Å². The van der Waals surface area contributed by atoms with E-state index in [9.17, 15) is 0 Å². The van der Waals surface area contributed by atoms with Crippen LogP contribution in [0, 0.1) is 0 Å². The van der Waals surface area contributed by atoms with Gasteiger partial charge in [-0.3, -0.25) is 0 Å². The molecule has 0 atom stereocenters. The highest BCUT2D eigenvalue weighted by Gasteiger charge is 2.30. The van der Waals surface area contributed by atoms with Crippen LogP contribution in [0.1, 0.15) is 0 Å². The van der Waals surface area contributed by atoms with Crippen LogP contribution in [0.5, 0.6) is 0 Å². The topological polar surface area (TPSA) is 34.9 Å². The Labute approximate surface area is 353 Å². The SMILES string of the molecule is O=P(c1ccccc1)(c1ccccc1)c1cccc(-c2ccc3c(c2)c2ccc4c(-c5cccc6ccccc56)nc5ccccc5c4c2n3-c2cccc3ccccc23)c1. The predicted octanol–water partition coefficient (Wildman–Crippen LogP) is 13.8. The van der Waals surface area contributed by atoms with Crippen LogP contribution in [-0.4, -0.2) is 9.55 Å². The molecule has 0 bridgehead atoms. The van der Waals surface area contributed by atoms with Crippen LogP contribution >= 0.6 is 7.14 Å². The van der Waals surface area contributed by atoms with Crippen molar-refractivity contribution in [2.75, 3.05) is 0 Å². The number of aromatic nitrogens is 2. The second-order valence-corrected chi connectivity index (χ2v) is 18.6. The first kappa shape index (κ1) is 35.4. The molecule has 4 heteroatoms. The fraction of sp³-hybridized carbons (Fsp3) is 0. The zero-order chi connectivity index (χ0) is 40.5. The maximum Gasteiger partial charge on any atom is 0.171 e. The number of benzene rings is 10. The van der Waals surface area contributed by atoms with Crippen LogP contribution in [0.3, 0.4) is 0 Å². The summed E-state index contributed by atoms with van der Waals surface area (Å²) < 4.78 is 18.0. The van der Waals surface area contributed by atoms with Crippen molar-refractivity contribution in [3.8, 4) is 28.1 Å². The third-order valence-corrected chi connectivity index (χ3v) is 15.5. The van der Waals surface area contributed by atoms with Crippen molar-refractivity contribution in [1.29, 1.82) is 0 Å². The van der Waals surface area contributed by atoms with Crippen LogP contribution in [0.25, 0.3) is 93.1 Å². The molecule has 0 unspecified atom stereocenters. The monoisotopic (exact) mass is 796 g/mol. The second-order valence-electron chi connectivity index (χ2n) is 15.8. The minimum Gasteiger partial charge on any atom is -0.309 e. The zero-order valence-corrected chi connectivity index (χ0v) is 34.0. The highest BCUT2D eigenvalue weighted by Crippen LogP contribution is 2.46. The van der Waals surface area contributed by atoms with Gasteiger partial charge in [0.15, 0.2) is 7.14 Å². The molecule has 0 aliphatic heterocycles. The number of fused-ring (bicyclic) bond motifs is 9. The first-order valence-electron chi connectivity index (χ1n) is 20.7. The molecule has 0 saturated heterocycles. The maximum absolute atomic E-state index is 15.5. The van der Waals surface area contributed by atoms with Crippen LogP contribution in [0.4, 0.5) is 0 Å². The van der Waals surface area contributed by atoms with E-state index in [0.29, 0.717) is 0 Å². The minimum absolute atomic E-state index is 0.812. The molecule has 0 aliphatic carbocycles. The van der Waals surface area contributed by atoms with E-state index in [-0.39, 0.29) is 0 Å². The molecule has 2 heterocycles. The van der Waals surface area contributed by atoms with Gasteiger partial charge in [0, 0.05) is 53.8 Å². The molecule has 0 saturated carbocycles. The standard InChI is InChI=1S/C57H37N2OP/c60-61(42-21-3-1-4-22-42,43-23-5-2-6-24-43)44-25-13-20-40(36-44)41-32-35-54-51(37-41)48-33-34-50-55(57(48)59(54)53-31-15-19-39-17-8-10-27-46(39)53)49-28-11-12-30-52(49)58-56(50)47-29-14-18-38-16-7-9-26-45(38)47/h1-37H. The molecule has 2 aromatic heterocycles. The maximum atomic E-state index is 15.5. The van der Waals surface area contributed by atoms with Gasteiger partial charge in [-0.1, -0.05) is 194 Å². The molecule has 0 amide bonds. The lowest BCUT2D eigenvalue weighted by molar-refractivity contribution is 0.592. The number of nitrogens with zero attached hydrogens (tertiary/aromatic N) is 2. The smallest absolute Gasteiger partial charge is 0.171 e. The van der Waals surface area contributed by atoms with Gasteiger partial charge in [-0.15, -0.1) is 0 Å². The average molecular weight is 797 g/mol. The molecule has 61 heavy (non-hydrogen) atoms. The summed E-state index contributed by atoms with van der Waals surface area (Å²) in [6, 6.07) is 78.5. The molecule has 10 aromatic carbocycles. The first-order chi connectivity index (χ1) is 30.1. The molecular formula is C57H37N2OP. The van der Waals surface area contributed by atoms with E-state index in [1.807, 2.05) is 72.8 Å². The normalized spacial score (nSPS) is 12.0. The Morgan fingerprint density at radius 1 is 0.393 bits per heavy atom. The molecule has 0 spiro atoms. The van der Waals surface area contributed by atoms with Gasteiger partial charge in [0.05, 0.1) is 27.9 Å². The van der Waals surface area contributed by atoms with E-state index in [1.165, 1.54) is 26.9 Å². The Bertz CT molecular complexity index is 3690. The summed E-state index contributed by atoms with van der Waals surface area (Å²) in [5.41, 5.74) is 8.52. The summed E-state index contributed by atoms with van der Waals surface area (Å²) >= 11 is 0. The van der Waals surface area contributed by atoms with Crippen molar-refractivity contribution >= 4 is 88.1 Å². The predicted molar refractivity (Wildman–Crippen MR) is 259 cm³/mol. The highest BCUT2D eigenvalue weighted by molar-refractivity contribution is 7.85. The average Bonchev–Trinajstić information content (AvgIpc) is 3.67. The molecule has 0 N–H and O–H groups in total. The Kier molecular flexibility index (Phi) is 8.13. The van der Waals surface area contributed by atoms with Gasteiger partial charge in [-0.25, -0.2) is 4.98 Å². The second kappa shape index (κ2) is 14.0. The molecule has 0 fully saturated rings. The van der Waals surface area contributed by atoms with E-state index >= 15 is 4.57 Å². The van der Waals surface area contributed by atoms with Gasteiger partial charge in [0.2, 0.25) is 0 Å². The summed E-state index contributed by atoms with van der Waals surface area (Å²) in [5.74, 6) is 0. The number of hydrogen-bond acceptors (Lipinski definition) is 2. The van der Waals surface area contributed by atoms with E-state index in [4.69, 9.17) is 4.98 Å². The molecule has 3 nitrogen and oxygen atoms in total. The highest BCUT2D eigenvalue weighted by atomic mass is 31.2. The zero-order valence-electron chi connectivity index (χ0n) is 33.1. The van der Waals surface area contributed by atoms with Crippen LogP contribution in [-0.2, 0) is 4.57 Å². The minimum atomic E-state index is -3.18. The van der Waals surface area contributed by atoms with Crippen LogP contribution in [0.15, 0.2) is 224 Å². The van der Waals surface area contributed by atoms with Crippen molar-refractivity contribution < 1.29 is 4.57 Å². The Hall–Kier alpha value is -7.58. The Morgan fingerprint density at radius 2 is 0.967 bits per heavy atom. The van der Waals surface area contributed by atoms with Gasteiger partial charge >= 0.3 is 0 Å². The third-order valence-electron chi connectivity index (χ3n) is 12.4. The lowest BCUT2D eigenvalue weighted by Crippen LogP contribution is -2.25. The summed E-state index contributed by atoms with van der Waals surface area (Å²) in [5, 5.41) is 12.9. The number of para-hydroxylation sites is 1. The first-order valence-corrected chi connectivity index (χ1v) is 22.4. The number of rotatable bonds is 6. The summed E-state index contributed by atoms with van der Waals surface area (Å²) in [6.45, 7) is 0. The van der Waals surface area contributed by atoms with Gasteiger partial charge in [-0.2, -0.15) is 0 Å². The van der Waals surface area contributed by atoms with Crippen molar-refractivity contribution in [1.82, 2.24) is 9.55 Å². The Morgan fingerprint density at radius 3 is 1.74 bits per heavy atom. The largest absolute Gasteiger partial charge is 0.309 e. The third kappa shape index (κ3) is 5.52. The Balaban J connectivity index is 1.17. The number of hydrogen-bond donors (Lipinski definition) is 0. The van der Waals surface area contributed by atoms with Crippen LogP contribution in [0.2, 0.25) is 0 Å². The van der Waals surface area contributed by atoms with Gasteiger partial charge in [0.1, 0.15) is 0 Å². The van der Waals surface area contributed by atoms with E-state index in [0.717, 1.165) is 82.1 Å². The molecule has 12 rings (SSSR count).